The Morgan fingerprint density at radius 3 is 2.74 bits per heavy atom. The van der Waals surface area contributed by atoms with Crippen molar-refractivity contribution in [2.75, 3.05) is 32.0 Å². The van der Waals surface area contributed by atoms with Crippen LogP contribution in [0.1, 0.15) is 31.7 Å². The van der Waals surface area contributed by atoms with E-state index in [1.807, 2.05) is 20.9 Å². The number of carbonyl (C=O) groups is 1. The largest absolute Gasteiger partial charge is 0.324 e. The molecule has 1 atom stereocenters. The molecular weight excluding hydrogens is 293 g/mol. The average molecular weight is 321 g/mol. The summed E-state index contributed by atoms with van der Waals surface area (Å²) in [7, 11) is 1.98. The Hall–Kier alpha value is -1.46. The molecule has 1 amide bonds. The Balaban J connectivity index is 1.87. The number of nitrogens with one attached hydrogen (secondary N) is 2. The van der Waals surface area contributed by atoms with E-state index in [4.69, 9.17) is 0 Å². The number of amides is 1. The van der Waals surface area contributed by atoms with Gasteiger partial charge >= 0.3 is 0 Å². The van der Waals surface area contributed by atoms with E-state index in [2.05, 4.69) is 15.5 Å². The summed E-state index contributed by atoms with van der Waals surface area (Å²) in [6, 6.07) is 4.28. The summed E-state index contributed by atoms with van der Waals surface area (Å²) < 4.78 is 13.3. The molecule has 0 radical (unpaired) electrons. The lowest BCUT2D eigenvalue weighted by atomic mass is 9.93. The topological polar surface area (TPSA) is 44.4 Å². The summed E-state index contributed by atoms with van der Waals surface area (Å²) in [6.45, 7) is 6.75. The molecule has 1 aliphatic rings. The number of piperidine rings is 1. The summed E-state index contributed by atoms with van der Waals surface area (Å²) in [5.41, 5.74) is 1.43. The molecule has 1 aromatic carbocycles. The van der Waals surface area contributed by atoms with Gasteiger partial charge in [0.25, 0.3) is 0 Å². The van der Waals surface area contributed by atoms with Gasteiger partial charge in [-0.25, -0.2) is 4.39 Å². The molecule has 0 spiro atoms. The molecule has 2 rings (SSSR count). The number of rotatable bonds is 6. The van der Waals surface area contributed by atoms with Crippen LogP contribution in [0.15, 0.2) is 18.2 Å². The van der Waals surface area contributed by atoms with Crippen molar-refractivity contribution in [3.05, 3.63) is 29.6 Å². The maximum Gasteiger partial charge on any atom is 0.241 e. The van der Waals surface area contributed by atoms with E-state index in [-0.39, 0.29) is 17.8 Å². The van der Waals surface area contributed by atoms with Crippen LogP contribution in [-0.2, 0) is 4.79 Å². The Bertz CT molecular complexity index is 527. The number of nitrogens with zero attached hydrogens (tertiary/aromatic N) is 1. The van der Waals surface area contributed by atoms with Crippen molar-refractivity contribution in [1.29, 1.82) is 0 Å². The first-order chi connectivity index (χ1) is 11.0. The van der Waals surface area contributed by atoms with Gasteiger partial charge in [-0.2, -0.15) is 0 Å². The second-order valence-corrected chi connectivity index (χ2v) is 6.50. The Morgan fingerprint density at radius 1 is 1.39 bits per heavy atom. The third kappa shape index (κ3) is 5.01. The molecule has 1 aromatic rings. The SMILES string of the molecule is CNCCC1CCN(C(C)C(=O)Nc2cc(F)ccc2C)CC1. The van der Waals surface area contributed by atoms with Crippen LogP contribution in [-0.4, -0.2) is 43.5 Å². The number of carbonyl (C=O) groups excluding carboxylic acids is 1. The normalized spacial score (nSPS) is 17.9. The van der Waals surface area contributed by atoms with Crippen molar-refractivity contribution >= 4 is 11.6 Å². The second-order valence-electron chi connectivity index (χ2n) is 6.50. The van der Waals surface area contributed by atoms with Gasteiger partial charge in [-0.15, -0.1) is 0 Å². The lowest BCUT2D eigenvalue weighted by Crippen LogP contribution is -2.46. The predicted octanol–water partition coefficient (Wildman–Crippen LogP) is 2.78. The summed E-state index contributed by atoms with van der Waals surface area (Å²) in [5, 5.41) is 6.06. The molecule has 1 fully saturated rings. The van der Waals surface area contributed by atoms with Crippen LogP contribution >= 0.6 is 0 Å². The van der Waals surface area contributed by atoms with E-state index in [1.165, 1.54) is 18.6 Å². The maximum absolute atomic E-state index is 13.3. The van der Waals surface area contributed by atoms with Gasteiger partial charge in [-0.1, -0.05) is 6.07 Å². The number of benzene rings is 1. The molecule has 5 heteroatoms. The van der Waals surface area contributed by atoms with Crippen molar-refractivity contribution in [2.24, 2.45) is 5.92 Å². The number of hydrogen-bond donors (Lipinski definition) is 2. The molecule has 4 nitrogen and oxygen atoms in total. The molecule has 0 aliphatic carbocycles. The van der Waals surface area contributed by atoms with E-state index < -0.39 is 0 Å². The molecule has 1 heterocycles. The molecular formula is C18H28FN3O. The molecule has 1 saturated heterocycles. The van der Waals surface area contributed by atoms with Crippen molar-refractivity contribution in [3.8, 4) is 0 Å². The Morgan fingerprint density at radius 2 is 2.09 bits per heavy atom. The van der Waals surface area contributed by atoms with Gasteiger partial charge in [-0.3, -0.25) is 9.69 Å². The van der Waals surface area contributed by atoms with E-state index in [9.17, 15) is 9.18 Å². The van der Waals surface area contributed by atoms with Crippen LogP contribution in [0.4, 0.5) is 10.1 Å². The van der Waals surface area contributed by atoms with Crippen molar-refractivity contribution < 1.29 is 9.18 Å². The van der Waals surface area contributed by atoms with Gasteiger partial charge in [0.15, 0.2) is 0 Å². The lowest BCUT2D eigenvalue weighted by molar-refractivity contribution is -0.121. The highest BCUT2D eigenvalue weighted by Crippen LogP contribution is 2.22. The Labute approximate surface area is 138 Å². The van der Waals surface area contributed by atoms with Crippen molar-refractivity contribution in [1.82, 2.24) is 10.2 Å². The number of anilines is 1. The monoisotopic (exact) mass is 321 g/mol. The quantitative estimate of drug-likeness (QED) is 0.847. The minimum absolute atomic E-state index is 0.0626. The smallest absolute Gasteiger partial charge is 0.241 e. The third-order valence-corrected chi connectivity index (χ3v) is 4.84. The molecule has 0 aromatic heterocycles. The van der Waals surface area contributed by atoms with Gasteiger partial charge < -0.3 is 10.6 Å². The highest BCUT2D eigenvalue weighted by Gasteiger charge is 2.26. The van der Waals surface area contributed by atoms with Gasteiger partial charge in [0.05, 0.1) is 6.04 Å². The van der Waals surface area contributed by atoms with Gasteiger partial charge in [0.2, 0.25) is 5.91 Å². The number of likely N-dealkylation sites (tertiary alicyclic amines) is 1. The summed E-state index contributed by atoms with van der Waals surface area (Å²) >= 11 is 0. The third-order valence-electron chi connectivity index (χ3n) is 4.84. The number of hydrogen-bond acceptors (Lipinski definition) is 3. The van der Waals surface area contributed by atoms with E-state index in [1.54, 1.807) is 6.07 Å². The van der Waals surface area contributed by atoms with Crippen molar-refractivity contribution in [2.45, 2.75) is 39.2 Å². The van der Waals surface area contributed by atoms with Gasteiger partial charge in [-0.05, 0) is 83.4 Å². The zero-order chi connectivity index (χ0) is 16.8. The first-order valence-electron chi connectivity index (χ1n) is 8.47. The lowest BCUT2D eigenvalue weighted by Gasteiger charge is -2.35. The zero-order valence-corrected chi connectivity index (χ0v) is 14.4. The van der Waals surface area contributed by atoms with Crippen LogP contribution in [0.3, 0.4) is 0 Å². The second kappa shape index (κ2) is 8.41. The number of aryl methyl sites for hydroxylation is 1. The molecule has 1 unspecified atom stereocenters. The van der Waals surface area contributed by atoms with E-state index in [0.717, 1.165) is 44.0 Å². The summed E-state index contributed by atoms with van der Waals surface area (Å²) in [6.07, 6.45) is 3.48. The highest BCUT2D eigenvalue weighted by molar-refractivity contribution is 5.95. The fraction of sp³-hybridized carbons (Fsp3) is 0.611. The molecule has 2 N–H and O–H groups in total. The van der Waals surface area contributed by atoms with Crippen molar-refractivity contribution in [3.63, 3.8) is 0 Å². The molecule has 23 heavy (non-hydrogen) atoms. The zero-order valence-electron chi connectivity index (χ0n) is 14.4. The minimum atomic E-state index is -0.330. The van der Waals surface area contributed by atoms with Gasteiger partial charge in [0, 0.05) is 5.69 Å². The molecule has 0 bridgehead atoms. The Kier molecular flexibility index (Phi) is 6.54. The standard InChI is InChI=1S/C18H28FN3O/c1-13-4-5-16(19)12-17(13)21-18(23)14(2)22-10-7-15(8-11-22)6-9-20-3/h4-5,12,14-15,20H,6-11H2,1-3H3,(H,21,23). The van der Waals surface area contributed by atoms with E-state index >= 15 is 0 Å². The summed E-state index contributed by atoms with van der Waals surface area (Å²) in [5.74, 6) is 0.357. The first-order valence-corrected chi connectivity index (χ1v) is 8.47. The van der Waals surface area contributed by atoms with Crippen LogP contribution in [0, 0.1) is 18.7 Å². The molecule has 1 aliphatic heterocycles. The maximum atomic E-state index is 13.3. The minimum Gasteiger partial charge on any atom is -0.324 e. The molecule has 0 saturated carbocycles. The van der Waals surface area contributed by atoms with Crippen LogP contribution in [0.25, 0.3) is 0 Å². The summed E-state index contributed by atoms with van der Waals surface area (Å²) in [4.78, 5) is 14.7. The fourth-order valence-corrected chi connectivity index (χ4v) is 3.11. The van der Waals surface area contributed by atoms with E-state index in [0.29, 0.717) is 5.69 Å². The van der Waals surface area contributed by atoms with Gasteiger partial charge in [0.1, 0.15) is 5.82 Å². The van der Waals surface area contributed by atoms with Crippen LogP contribution < -0.4 is 10.6 Å². The first kappa shape index (κ1) is 17.9. The number of halogens is 1. The van der Waals surface area contributed by atoms with Crippen LogP contribution in [0.2, 0.25) is 0 Å². The predicted molar refractivity (Wildman–Crippen MR) is 92.1 cm³/mol. The average Bonchev–Trinajstić information content (AvgIpc) is 2.56. The highest BCUT2D eigenvalue weighted by atomic mass is 19.1. The van der Waals surface area contributed by atoms with Crippen LogP contribution in [0.5, 0.6) is 0 Å². The molecule has 128 valence electrons. The fourth-order valence-electron chi connectivity index (χ4n) is 3.11.